The molecule has 0 saturated heterocycles. The van der Waals surface area contributed by atoms with Gasteiger partial charge in [0.2, 0.25) is 0 Å². The maximum absolute atomic E-state index is 12.7. The lowest BCUT2D eigenvalue weighted by molar-refractivity contribution is -0.136. The van der Waals surface area contributed by atoms with Crippen LogP contribution in [0.4, 0.5) is 13.2 Å². The van der Waals surface area contributed by atoms with Crippen LogP contribution in [-0.2, 0) is 11.2 Å². The van der Waals surface area contributed by atoms with E-state index in [9.17, 15) is 23.2 Å². The fourth-order valence-electron chi connectivity index (χ4n) is 4.01. The number of hydrogen-bond donors (Lipinski definition) is 1. The molecule has 174 valence electrons. The van der Waals surface area contributed by atoms with Crippen LogP contribution < -0.4 is 10.1 Å². The third kappa shape index (κ3) is 6.38. The van der Waals surface area contributed by atoms with Crippen LogP contribution in [0, 0.1) is 18.3 Å². The van der Waals surface area contributed by atoms with Gasteiger partial charge in [-0.3, -0.25) is 4.79 Å². The summed E-state index contributed by atoms with van der Waals surface area (Å²) in [5.41, 5.74) is 4.66. The SMILES string of the molecule is CCCc1cc(OCCCC(F)(F)F)ccc1[C@H]1CC(c2ccc(C)cc2)=C(C#N)C(=O)N1. The Morgan fingerprint density at radius 2 is 1.91 bits per heavy atom. The first-order chi connectivity index (χ1) is 15.7. The molecule has 0 spiro atoms. The molecule has 3 rings (SSSR count). The van der Waals surface area contributed by atoms with E-state index in [2.05, 4.69) is 5.32 Å². The number of nitrogens with one attached hydrogen (secondary N) is 1. The number of hydrogen-bond acceptors (Lipinski definition) is 3. The number of benzene rings is 2. The first-order valence-corrected chi connectivity index (χ1v) is 11.1. The van der Waals surface area contributed by atoms with E-state index in [0.717, 1.165) is 35.1 Å². The van der Waals surface area contributed by atoms with Crippen LogP contribution in [0.3, 0.4) is 0 Å². The van der Waals surface area contributed by atoms with Crippen LogP contribution >= 0.6 is 0 Å². The van der Waals surface area contributed by atoms with Crippen molar-refractivity contribution in [3.63, 3.8) is 0 Å². The molecule has 0 aromatic heterocycles. The molecular weight excluding hydrogens is 429 g/mol. The van der Waals surface area contributed by atoms with Crippen molar-refractivity contribution in [1.29, 1.82) is 5.26 Å². The monoisotopic (exact) mass is 456 g/mol. The Morgan fingerprint density at radius 3 is 2.55 bits per heavy atom. The molecule has 4 nitrogen and oxygen atoms in total. The molecule has 2 aromatic rings. The zero-order chi connectivity index (χ0) is 24.0. The number of ether oxygens (including phenoxy) is 1. The summed E-state index contributed by atoms with van der Waals surface area (Å²) in [4.78, 5) is 12.7. The predicted molar refractivity (Wildman–Crippen MR) is 120 cm³/mol. The molecule has 1 amide bonds. The minimum absolute atomic E-state index is 0.0174. The fraction of sp³-hybridized carbons (Fsp3) is 0.385. The van der Waals surface area contributed by atoms with Gasteiger partial charge in [0.1, 0.15) is 17.4 Å². The molecular formula is C26H27F3N2O2. The highest BCUT2D eigenvalue weighted by Gasteiger charge is 2.30. The highest BCUT2D eigenvalue weighted by molar-refractivity contribution is 6.06. The normalized spacial score (nSPS) is 16.4. The number of rotatable bonds is 8. The van der Waals surface area contributed by atoms with Crippen LogP contribution in [0.5, 0.6) is 5.75 Å². The van der Waals surface area contributed by atoms with Gasteiger partial charge in [-0.1, -0.05) is 49.2 Å². The van der Waals surface area contributed by atoms with Crippen molar-refractivity contribution in [3.8, 4) is 11.8 Å². The Kier molecular flexibility index (Phi) is 7.80. The van der Waals surface area contributed by atoms with E-state index < -0.39 is 18.5 Å². The van der Waals surface area contributed by atoms with Crippen molar-refractivity contribution >= 4 is 11.5 Å². The number of halogens is 3. The minimum atomic E-state index is -4.19. The molecule has 1 aliphatic heterocycles. The minimum Gasteiger partial charge on any atom is -0.494 e. The van der Waals surface area contributed by atoms with Gasteiger partial charge in [0.25, 0.3) is 5.91 Å². The summed E-state index contributed by atoms with van der Waals surface area (Å²) in [5.74, 6) is 0.109. The molecule has 7 heteroatoms. The van der Waals surface area contributed by atoms with Gasteiger partial charge in [0, 0.05) is 6.42 Å². The predicted octanol–water partition coefficient (Wildman–Crippen LogP) is 6.21. The van der Waals surface area contributed by atoms with Crippen LogP contribution in [-0.4, -0.2) is 18.7 Å². The maximum atomic E-state index is 12.7. The van der Waals surface area contributed by atoms with Gasteiger partial charge in [-0.25, -0.2) is 0 Å². The zero-order valence-electron chi connectivity index (χ0n) is 18.8. The van der Waals surface area contributed by atoms with Crippen LogP contribution in [0.2, 0.25) is 0 Å². The smallest absolute Gasteiger partial charge is 0.389 e. The Balaban J connectivity index is 1.84. The molecule has 1 atom stereocenters. The number of carbonyl (C=O) groups is 1. The molecule has 1 aliphatic rings. The van der Waals surface area contributed by atoms with Crippen molar-refractivity contribution in [2.24, 2.45) is 0 Å². The second kappa shape index (κ2) is 10.6. The molecule has 2 aromatic carbocycles. The third-order valence-electron chi connectivity index (χ3n) is 5.64. The molecule has 0 fully saturated rings. The van der Waals surface area contributed by atoms with Gasteiger partial charge in [-0.15, -0.1) is 0 Å². The molecule has 0 unspecified atom stereocenters. The Hall–Kier alpha value is -3.27. The summed E-state index contributed by atoms with van der Waals surface area (Å²) in [6.07, 6.45) is -3.11. The van der Waals surface area contributed by atoms with Crippen molar-refractivity contribution in [3.05, 3.63) is 70.3 Å². The Labute approximate surface area is 192 Å². The maximum Gasteiger partial charge on any atom is 0.389 e. The summed E-state index contributed by atoms with van der Waals surface area (Å²) in [7, 11) is 0. The highest BCUT2D eigenvalue weighted by Crippen LogP contribution is 2.36. The van der Waals surface area contributed by atoms with Crippen molar-refractivity contribution in [2.75, 3.05) is 6.61 Å². The summed E-state index contributed by atoms with van der Waals surface area (Å²) in [6, 6.07) is 14.9. The average Bonchev–Trinajstić information content (AvgIpc) is 2.76. The summed E-state index contributed by atoms with van der Waals surface area (Å²) >= 11 is 0. The molecule has 33 heavy (non-hydrogen) atoms. The quantitative estimate of drug-likeness (QED) is 0.481. The van der Waals surface area contributed by atoms with Gasteiger partial charge >= 0.3 is 6.18 Å². The molecule has 0 bridgehead atoms. The largest absolute Gasteiger partial charge is 0.494 e. The van der Waals surface area contributed by atoms with E-state index in [1.54, 1.807) is 6.07 Å². The number of nitrogens with zero attached hydrogens (tertiary/aromatic N) is 1. The summed E-state index contributed by atoms with van der Waals surface area (Å²) in [6.45, 7) is 3.99. The van der Waals surface area contributed by atoms with E-state index in [1.165, 1.54) is 0 Å². The standard InChI is InChI=1S/C26H27F3N2O2/c1-3-5-19-14-20(33-13-4-12-26(27,28)29)10-11-21(19)24-15-22(23(16-30)25(32)31-24)18-8-6-17(2)7-9-18/h6-11,14,24H,3-5,12-13,15H2,1-2H3,(H,31,32)/t24-/m1/s1. The number of amides is 1. The Bertz CT molecular complexity index is 1070. The Morgan fingerprint density at radius 1 is 1.18 bits per heavy atom. The van der Waals surface area contributed by atoms with Crippen molar-refractivity contribution in [1.82, 2.24) is 5.32 Å². The summed E-state index contributed by atoms with van der Waals surface area (Å²) in [5, 5.41) is 12.5. The van der Waals surface area contributed by atoms with Crippen LogP contribution in [0.25, 0.3) is 5.57 Å². The molecule has 1 N–H and O–H groups in total. The van der Waals surface area contributed by atoms with Gasteiger partial charge in [-0.2, -0.15) is 18.4 Å². The number of aryl methyl sites for hydroxylation is 2. The highest BCUT2D eigenvalue weighted by atomic mass is 19.4. The first-order valence-electron chi connectivity index (χ1n) is 11.1. The van der Waals surface area contributed by atoms with Gasteiger partial charge < -0.3 is 10.1 Å². The number of carbonyl (C=O) groups excluding carboxylic acids is 1. The van der Waals surface area contributed by atoms with E-state index in [4.69, 9.17) is 4.74 Å². The zero-order valence-corrected chi connectivity index (χ0v) is 18.8. The molecule has 1 heterocycles. The fourth-order valence-corrected chi connectivity index (χ4v) is 4.01. The third-order valence-corrected chi connectivity index (χ3v) is 5.64. The van der Waals surface area contributed by atoms with Crippen molar-refractivity contribution < 1.29 is 22.7 Å². The molecule has 0 aliphatic carbocycles. The van der Waals surface area contributed by atoms with Gasteiger partial charge in [0.05, 0.1) is 12.6 Å². The summed E-state index contributed by atoms with van der Waals surface area (Å²) < 4.78 is 42.6. The lowest BCUT2D eigenvalue weighted by Gasteiger charge is -2.28. The second-order valence-electron chi connectivity index (χ2n) is 8.24. The van der Waals surface area contributed by atoms with Crippen LogP contribution in [0.15, 0.2) is 48.0 Å². The first kappa shape index (κ1) is 24.4. The lowest BCUT2D eigenvalue weighted by atomic mass is 9.85. The number of alkyl halides is 3. The van der Waals surface area contributed by atoms with E-state index in [-0.39, 0.29) is 24.6 Å². The van der Waals surface area contributed by atoms with E-state index in [1.807, 2.05) is 56.3 Å². The van der Waals surface area contributed by atoms with Gasteiger partial charge in [-0.05, 0) is 60.6 Å². The second-order valence-corrected chi connectivity index (χ2v) is 8.24. The molecule has 0 radical (unpaired) electrons. The van der Waals surface area contributed by atoms with Gasteiger partial charge in [0.15, 0.2) is 0 Å². The molecule has 0 saturated carbocycles. The average molecular weight is 457 g/mol. The van der Waals surface area contributed by atoms with Crippen molar-refractivity contribution in [2.45, 2.75) is 58.2 Å². The number of nitriles is 1. The van der Waals surface area contributed by atoms with E-state index >= 15 is 0 Å². The van der Waals surface area contributed by atoms with Crippen LogP contribution in [0.1, 0.15) is 60.9 Å². The lowest BCUT2D eigenvalue weighted by Crippen LogP contribution is -2.34. The van der Waals surface area contributed by atoms with E-state index in [0.29, 0.717) is 17.7 Å². The topological polar surface area (TPSA) is 62.1 Å².